The fourth-order valence-corrected chi connectivity index (χ4v) is 17.3. The number of ketones is 1. The van der Waals surface area contributed by atoms with Crippen LogP contribution in [-0.4, -0.2) is 101 Å². The average Bonchev–Trinajstić information content (AvgIpc) is 3.76. The second-order valence-corrected chi connectivity index (χ2v) is 22.3. The molecule has 13 heteroatoms. The van der Waals surface area contributed by atoms with Crippen LogP contribution in [0.1, 0.15) is 135 Å². The van der Waals surface area contributed by atoms with Gasteiger partial charge in [0, 0.05) is 47.5 Å². The van der Waals surface area contributed by atoms with Gasteiger partial charge in [0.05, 0.1) is 42.0 Å². The third kappa shape index (κ3) is 5.28. The molecule has 11 rings (SSSR count). The zero-order valence-corrected chi connectivity index (χ0v) is 36.3. The first kappa shape index (κ1) is 41.3. The highest BCUT2D eigenvalue weighted by Gasteiger charge is 2.93. The van der Waals surface area contributed by atoms with Gasteiger partial charge in [-0.25, -0.2) is 4.79 Å². The van der Waals surface area contributed by atoms with E-state index in [4.69, 9.17) is 23.4 Å². The summed E-state index contributed by atoms with van der Waals surface area (Å²) in [6.45, 7) is 7.54. The van der Waals surface area contributed by atoms with Gasteiger partial charge in [0.25, 0.3) is 0 Å². The molecule has 5 N–H and O–H groups in total. The van der Waals surface area contributed by atoms with Crippen molar-refractivity contribution in [2.45, 2.75) is 171 Å². The molecule has 3 spiro atoms. The molecule has 5 aliphatic carbocycles. The number of cyclic esters (lactones) is 2. The standard InChI is InChI=1S/C48H68N2O11/c1-43(2)36-35(53)37(54)47(28-9-5-4-6-10-28)34(46(36)24-58-42(56)45(41(46)61-43)17-7-8-18-45)15-19-44(3)38(59-40(55)39-48(44,47)60-39)29-16-20-57-33(29)21-30(32(52)23-51)26-11-13-27(14-12-26)31-22-49-25-50-31/h16,20,26-28,30-32,34,36-39,41,49-52,54H,4-15,17-19,21-25H2,1-3H3. The van der Waals surface area contributed by atoms with E-state index in [1.807, 2.05) is 19.9 Å². The molecule has 0 bridgehead atoms. The van der Waals surface area contributed by atoms with E-state index in [0.29, 0.717) is 49.8 Å². The third-order valence-electron chi connectivity index (χ3n) is 19.6. The van der Waals surface area contributed by atoms with Crippen molar-refractivity contribution in [1.29, 1.82) is 0 Å². The number of hydrogen-bond acceptors (Lipinski definition) is 13. The molecule has 0 radical (unpaired) electrons. The number of aliphatic hydroxyl groups is 3. The number of ether oxygens (including phenoxy) is 4. The number of esters is 2. The number of aliphatic hydroxyl groups excluding tert-OH is 3. The van der Waals surface area contributed by atoms with Gasteiger partial charge in [-0.15, -0.1) is 0 Å². The molecule has 6 heterocycles. The summed E-state index contributed by atoms with van der Waals surface area (Å²) in [4.78, 5) is 44.3. The summed E-state index contributed by atoms with van der Waals surface area (Å²) in [6.07, 6.45) is 10.0. The molecular formula is C48H68N2O11. The summed E-state index contributed by atoms with van der Waals surface area (Å²) in [5, 5.41) is 42.1. The van der Waals surface area contributed by atoms with Crippen molar-refractivity contribution < 1.29 is 53.1 Å². The van der Waals surface area contributed by atoms with Crippen molar-refractivity contribution in [2.75, 3.05) is 26.4 Å². The summed E-state index contributed by atoms with van der Waals surface area (Å²) in [5.41, 5.74) is -5.31. The van der Waals surface area contributed by atoms with Crippen LogP contribution in [-0.2, 0) is 39.8 Å². The maximum absolute atomic E-state index is 15.6. The molecule has 61 heavy (non-hydrogen) atoms. The Kier molecular flexibility index (Phi) is 9.69. The van der Waals surface area contributed by atoms with Gasteiger partial charge in [-0.05, 0) is 114 Å². The number of nitrogens with one attached hydrogen (secondary N) is 2. The molecule has 10 fully saturated rings. The largest absolute Gasteiger partial charge is 0.469 e. The van der Waals surface area contributed by atoms with Gasteiger partial charge < -0.3 is 49.3 Å². The number of fused-ring (bicyclic) bond motifs is 2. The summed E-state index contributed by atoms with van der Waals surface area (Å²) in [7, 11) is 0. The zero-order valence-electron chi connectivity index (χ0n) is 36.3. The van der Waals surface area contributed by atoms with Crippen LogP contribution in [0.2, 0.25) is 0 Å². The number of epoxide rings is 1. The van der Waals surface area contributed by atoms with Crippen LogP contribution in [0, 0.1) is 57.2 Å². The first-order valence-electron chi connectivity index (χ1n) is 24.1. The second-order valence-electron chi connectivity index (χ2n) is 22.3. The van der Waals surface area contributed by atoms with Gasteiger partial charge in [0.15, 0.2) is 11.9 Å². The summed E-state index contributed by atoms with van der Waals surface area (Å²) in [6, 6.07) is 2.34. The third-order valence-corrected chi connectivity index (χ3v) is 19.6. The van der Waals surface area contributed by atoms with Gasteiger partial charge in [0.1, 0.15) is 30.2 Å². The summed E-state index contributed by atoms with van der Waals surface area (Å²) >= 11 is 0. The van der Waals surface area contributed by atoms with E-state index < -0.39 is 75.3 Å². The SMILES string of the molecule is CC1(C)OC2C3(CCCC3)C(=O)OCC23C1C(=O)C(O)C1(C2CCCCC2)C3CCC2(C)C(c3ccoc3CC(C(O)CO)C3CCC(C4CNCN4)CC3)OC(=O)C3OC321. The predicted octanol–water partition coefficient (Wildman–Crippen LogP) is 4.68. The van der Waals surface area contributed by atoms with Crippen LogP contribution in [0.3, 0.4) is 0 Å². The molecule has 13 unspecified atom stereocenters. The normalized spacial score (nSPS) is 47.0. The molecule has 0 aromatic carbocycles. The number of carbonyl (C=O) groups excluding carboxylic acids is 3. The Morgan fingerprint density at radius 1 is 0.902 bits per heavy atom. The quantitative estimate of drug-likeness (QED) is 0.180. The van der Waals surface area contributed by atoms with E-state index in [2.05, 4.69) is 17.6 Å². The molecule has 1 aromatic rings. The van der Waals surface area contributed by atoms with Gasteiger partial charge in [-0.2, -0.15) is 0 Å². The van der Waals surface area contributed by atoms with Crippen molar-refractivity contribution in [3.8, 4) is 0 Å². The van der Waals surface area contributed by atoms with Crippen molar-refractivity contribution >= 4 is 17.7 Å². The Bertz CT molecular complexity index is 1910. The smallest absolute Gasteiger partial charge is 0.339 e. The molecular weight excluding hydrogens is 781 g/mol. The fraction of sp³-hybridized carbons (Fsp3) is 0.854. The zero-order chi connectivity index (χ0) is 42.3. The molecule has 336 valence electrons. The Balaban J connectivity index is 1.00. The van der Waals surface area contributed by atoms with E-state index in [0.717, 1.165) is 89.4 Å². The molecule has 13 atom stereocenters. The molecule has 1 aromatic heterocycles. The topological polar surface area (TPSA) is 189 Å². The summed E-state index contributed by atoms with van der Waals surface area (Å²) in [5.74, 6) is -1.07. The molecule has 5 saturated heterocycles. The number of hydrogen-bond donors (Lipinski definition) is 5. The molecule has 5 saturated carbocycles. The van der Waals surface area contributed by atoms with Crippen molar-refractivity contribution in [3.05, 3.63) is 23.7 Å². The number of carbonyl (C=O) groups is 3. The van der Waals surface area contributed by atoms with Crippen LogP contribution in [0.4, 0.5) is 0 Å². The lowest BCUT2D eigenvalue weighted by Gasteiger charge is -2.70. The van der Waals surface area contributed by atoms with Crippen LogP contribution < -0.4 is 10.6 Å². The van der Waals surface area contributed by atoms with Crippen molar-refractivity contribution in [3.63, 3.8) is 0 Å². The first-order chi connectivity index (χ1) is 29.3. The number of rotatable bonds is 8. The Labute approximate surface area is 359 Å². The van der Waals surface area contributed by atoms with E-state index in [1.54, 1.807) is 6.26 Å². The van der Waals surface area contributed by atoms with E-state index in [-0.39, 0.29) is 48.6 Å². The van der Waals surface area contributed by atoms with Crippen LogP contribution >= 0.6 is 0 Å². The van der Waals surface area contributed by atoms with Gasteiger partial charge in [-0.3, -0.25) is 9.59 Å². The van der Waals surface area contributed by atoms with Gasteiger partial charge >= 0.3 is 11.9 Å². The lowest BCUT2D eigenvalue weighted by atomic mass is 9.32. The lowest BCUT2D eigenvalue weighted by Crippen LogP contribution is -2.79. The molecule has 0 amide bonds. The first-order valence-corrected chi connectivity index (χ1v) is 24.1. The second kappa shape index (κ2) is 14.3. The lowest BCUT2D eigenvalue weighted by molar-refractivity contribution is -0.284. The van der Waals surface area contributed by atoms with Crippen LogP contribution in [0.25, 0.3) is 0 Å². The number of furan rings is 1. The van der Waals surface area contributed by atoms with E-state index in [1.165, 1.54) is 0 Å². The summed E-state index contributed by atoms with van der Waals surface area (Å²) < 4.78 is 33.5. The van der Waals surface area contributed by atoms with Crippen LogP contribution in [0.15, 0.2) is 16.7 Å². The van der Waals surface area contributed by atoms with E-state index in [9.17, 15) is 24.9 Å². The van der Waals surface area contributed by atoms with Crippen molar-refractivity contribution in [2.24, 2.45) is 57.2 Å². The minimum absolute atomic E-state index is 0.0473. The molecule has 5 aliphatic heterocycles. The highest BCUT2D eigenvalue weighted by atomic mass is 16.7. The van der Waals surface area contributed by atoms with Crippen molar-refractivity contribution in [1.82, 2.24) is 10.6 Å². The fourth-order valence-electron chi connectivity index (χ4n) is 17.3. The molecule has 13 nitrogen and oxygen atoms in total. The predicted molar refractivity (Wildman–Crippen MR) is 218 cm³/mol. The van der Waals surface area contributed by atoms with Crippen LogP contribution in [0.5, 0.6) is 0 Å². The minimum Gasteiger partial charge on any atom is -0.469 e. The number of Topliss-reactive ketones (excluding diaryl/α,β-unsaturated/α-hetero) is 1. The molecule has 10 aliphatic rings. The Morgan fingerprint density at radius 3 is 2.36 bits per heavy atom. The van der Waals surface area contributed by atoms with E-state index >= 15 is 4.79 Å². The highest BCUT2D eigenvalue weighted by Crippen LogP contribution is 2.83. The minimum atomic E-state index is -1.43. The Hall–Kier alpha value is -2.39. The maximum Gasteiger partial charge on any atom is 0.339 e. The average molecular weight is 849 g/mol. The Morgan fingerprint density at radius 2 is 1.66 bits per heavy atom. The maximum atomic E-state index is 15.6. The van der Waals surface area contributed by atoms with Gasteiger partial charge in [-0.1, -0.05) is 39.0 Å². The monoisotopic (exact) mass is 848 g/mol. The highest BCUT2D eigenvalue weighted by molar-refractivity contribution is 5.92. The van der Waals surface area contributed by atoms with Gasteiger partial charge in [0.2, 0.25) is 0 Å².